The van der Waals surface area contributed by atoms with E-state index in [4.69, 9.17) is 13.9 Å². The number of amides is 2. The minimum atomic E-state index is -0.191. The number of hydrogen-bond donors (Lipinski definition) is 0. The van der Waals surface area contributed by atoms with Gasteiger partial charge in [-0.2, -0.15) is 0 Å². The standard InChI is InChI=1S/C14H19N3O5/c1-9-13(15-8-22-9)14(19)16-5-10-11(6-16)21-7-12(18)17(10)3-4-20-2/h8,10-11H,3-7H2,1-2H3/t10-,11-/m0/s1. The molecule has 0 aliphatic carbocycles. The number of oxazole rings is 1. The molecule has 1 aromatic heterocycles. The van der Waals surface area contributed by atoms with Gasteiger partial charge in [-0.3, -0.25) is 9.59 Å². The number of rotatable bonds is 4. The third-order valence-electron chi connectivity index (χ3n) is 4.15. The summed E-state index contributed by atoms with van der Waals surface area (Å²) in [5.41, 5.74) is 0.313. The van der Waals surface area contributed by atoms with Gasteiger partial charge in [0.1, 0.15) is 12.4 Å². The Morgan fingerprint density at radius 2 is 2.32 bits per heavy atom. The highest BCUT2D eigenvalue weighted by Gasteiger charge is 2.45. The molecule has 2 atom stereocenters. The molecule has 8 nitrogen and oxygen atoms in total. The van der Waals surface area contributed by atoms with E-state index in [2.05, 4.69) is 4.98 Å². The van der Waals surface area contributed by atoms with Crippen LogP contribution in [0.5, 0.6) is 0 Å². The lowest BCUT2D eigenvalue weighted by atomic mass is 10.1. The Balaban J connectivity index is 1.73. The van der Waals surface area contributed by atoms with Crippen molar-refractivity contribution in [2.45, 2.75) is 19.1 Å². The summed E-state index contributed by atoms with van der Waals surface area (Å²) in [6, 6.07) is -0.132. The van der Waals surface area contributed by atoms with Crippen molar-refractivity contribution < 1.29 is 23.5 Å². The molecule has 3 heterocycles. The topological polar surface area (TPSA) is 85.1 Å². The maximum atomic E-state index is 12.5. The predicted octanol–water partition coefficient (Wildman–Crippen LogP) is -0.319. The second-order valence-electron chi connectivity index (χ2n) is 5.46. The van der Waals surface area contributed by atoms with Gasteiger partial charge in [-0.25, -0.2) is 4.98 Å². The third-order valence-corrected chi connectivity index (χ3v) is 4.15. The van der Waals surface area contributed by atoms with Crippen LogP contribution in [0, 0.1) is 6.92 Å². The van der Waals surface area contributed by atoms with Gasteiger partial charge >= 0.3 is 0 Å². The molecule has 2 aliphatic heterocycles. The number of carbonyl (C=O) groups is 2. The van der Waals surface area contributed by atoms with Gasteiger partial charge < -0.3 is 23.7 Å². The van der Waals surface area contributed by atoms with E-state index < -0.39 is 0 Å². The fourth-order valence-corrected chi connectivity index (χ4v) is 2.97. The highest BCUT2D eigenvalue weighted by atomic mass is 16.5. The lowest BCUT2D eigenvalue weighted by Gasteiger charge is -2.36. The lowest BCUT2D eigenvalue weighted by molar-refractivity contribution is -0.153. The van der Waals surface area contributed by atoms with Crippen LogP contribution in [0.2, 0.25) is 0 Å². The van der Waals surface area contributed by atoms with Crippen LogP contribution in [0.25, 0.3) is 0 Å². The lowest BCUT2D eigenvalue weighted by Crippen LogP contribution is -2.54. The van der Waals surface area contributed by atoms with Crippen LogP contribution >= 0.6 is 0 Å². The minimum absolute atomic E-state index is 0.0515. The first-order valence-electron chi connectivity index (χ1n) is 7.21. The Bertz CT molecular complexity index is 573. The molecule has 2 amide bonds. The molecule has 0 unspecified atom stereocenters. The summed E-state index contributed by atoms with van der Waals surface area (Å²) in [5.74, 6) is 0.238. The van der Waals surface area contributed by atoms with Crippen molar-refractivity contribution in [2.24, 2.45) is 0 Å². The van der Waals surface area contributed by atoms with E-state index in [0.29, 0.717) is 37.7 Å². The monoisotopic (exact) mass is 309 g/mol. The third kappa shape index (κ3) is 2.59. The largest absolute Gasteiger partial charge is 0.448 e. The van der Waals surface area contributed by atoms with E-state index in [1.165, 1.54) is 6.39 Å². The molecular weight excluding hydrogens is 290 g/mol. The average Bonchev–Trinajstić information content (AvgIpc) is 3.12. The second-order valence-corrected chi connectivity index (χ2v) is 5.46. The molecule has 0 bridgehead atoms. The van der Waals surface area contributed by atoms with Gasteiger partial charge in [-0.1, -0.05) is 0 Å². The first-order chi connectivity index (χ1) is 10.6. The SMILES string of the molecule is COCCN1C(=O)CO[C@H]2CN(C(=O)c3ncoc3C)C[C@@H]21. The Labute approximate surface area is 128 Å². The minimum Gasteiger partial charge on any atom is -0.448 e. The van der Waals surface area contributed by atoms with Crippen molar-refractivity contribution in [2.75, 3.05) is 40.0 Å². The highest BCUT2D eigenvalue weighted by Crippen LogP contribution is 2.25. The Kier molecular flexibility index (Phi) is 4.12. The molecule has 0 saturated carbocycles. The number of methoxy groups -OCH3 is 1. The van der Waals surface area contributed by atoms with Gasteiger partial charge in [0.25, 0.3) is 5.91 Å². The summed E-state index contributed by atoms with van der Waals surface area (Å²) in [6.45, 7) is 3.61. The van der Waals surface area contributed by atoms with Gasteiger partial charge in [0, 0.05) is 26.7 Å². The summed E-state index contributed by atoms with van der Waals surface area (Å²) in [4.78, 5) is 31.9. The number of morpholine rings is 1. The van der Waals surface area contributed by atoms with Crippen molar-refractivity contribution >= 4 is 11.8 Å². The van der Waals surface area contributed by atoms with Crippen LogP contribution in [0.4, 0.5) is 0 Å². The van der Waals surface area contributed by atoms with Crippen LogP contribution in [0.3, 0.4) is 0 Å². The molecular formula is C14H19N3O5. The van der Waals surface area contributed by atoms with Crippen molar-refractivity contribution in [3.05, 3.63) is 17.8 Å². The zero-order valence-electron chi connectivity index (χ0n) is 12.7. The Morgan fingerprint density at radius 1 is 1.50 bits per heavy atom. The normalized spacial score (nSPS) is 24.7. The molecule has 0 N–H and O–H groups in total. The molecule has 0 radical (unpaired) electrons. The molecule has 120 valence electrons. The molecule has 2 aliphatic rings. The summed E-state index contributed by atoms with van der Waals surface area (Å²) in [6.07, 6.45) is 1.10. The van der Waals surface area contributed by atoms with Gasteiger partial charge in [0.2, 0.25) is 5.91 Å². The molecule has 8 heteroatoms. The zero-order valence-corrected chi connectivity index (χ0v) is 12.7. The summed E-state index contributed by atoms with van der Waals surface area (Å²) in [5, 5.41) is 0. The highest BCUT2D eigenvalue weighted by molar-refractivity contribution is 5.93. The fourth-order valence-electron chi connectivity index (χ4n) is 2.97. The van der Waals surface area contributed by atoms with Crippen LogP contribution in [0.15, 0.2) is 10.8 Å². The fraction of sp³-hybridized carbons (Fsp3) is 0.643. The predicted molar refractivity (Wildman–Crippen MR) is 74.3 cm³/mol. The molecule has 2 fully saturated rings. The maximum Gasteiger partial charge on any atom is 0.276 e. The van der Waals surface area contributed by atoms with Crippen LogP contribution < -0.4 is 0 Å². The number of carbonyl (C=O) groups excluding carboxylic acids is 2. The molecule has 0 spiro atoms. The van der Waals surface area contributed by atoms with Crippen molar-refractivity contribution in [3.63, 3.8) is 0 Å². The molecule has 1 aromatic rings. The van der Waals surface area contributed by atoms with Gasteiger partial charge in [-0.05, 0) is 6.92 Å². The number of ether oxygens (including phenoxy) is 2. The van der Waals surface area contributed by atoms with E-state index in [0.717, 1.165) is 0 Å². The zero-order chi connectivity index (χ0) is 15.7. The number of aryl methyl sites for hydroxylation is 1. The Hall–Kier alpha value is -1.93. The first kappa shape index (κ1) is 15.0. The van der Waals surface area contributed by atoms with E-state index in [1.807, 2.05) is 0 Å². The maximum absolute atomic E-state index is 12.5. The number of hydrogen-bond acceptors (Lipinski definition) is 6. The van der Waals surface area contributed by atoms with E-state index in [9.17, 15) is 9.59 Å². The number of fused-ring (bicyclic) bond motifs is 1. The number of aromatic nitrogens is 1. The van der Waals surface area contributed by atoms with Crippen LogP contribution in [-0.4, -0.2) is 78.7 Å². The van der Waals surface area contributed by atoms with E-state index in [1.54, 1.807) is 23.8 Å². The molecule has 0 aromatic carbocycles. The van der Waals surface area contributed by atoms with Crippen molar-refractivity contribution in [1.29, 1.82) is 0 Å². The Morgan fingerprint density at radius 3 is 3.00 bits per heavy atom. The van der Waals surface area contributed by atoms with Crippen LogP contribution in [-0.2, 0) is 14.3 Å². The van der Waals surface area contributed by atoms with Gasteiger partial charge in [0.05, 0.1) is 18.8 Å². The first-order valence-corrected chi connectivity index (χ1v) is 7.21. The molecule has 22 heavy (non-hydrogen) atoms. The quantitative estimate of drug-likeness (QED) is 0.758. The van der Waals surface area contributed by atoms with E-state index in [-0.39, 0.29) is 30.6 Å². The van der Waals surface area contributed by atoms with E-state index >= 15 is 0 Å². The van der Waals surface area contributed by atoms with Gasteiger partial charge in [-0.15, -0.1) is 0 Å². The van der Waals surface area contributed by atoms with Crippen molar-refractivity contribution in [3.8, 4) is 0 Å². The smallest absolute Gasteiger partial charge is 0.276 e. The molecule has 2 saturated heterocycles. The van der Waals surface area contributed by atoms with Crippen molar-refractivity contribution in [1.82, 2.24) is 14.8 Å². The average molecular weight is 309 g/mol. The summed E-state index contributed by atoms with van der Waals surface area (Å²) < 4.78 is 15.7. The van der Waals surface area contributed by atoms with Gasteiger partial charge in [0.15, 0.2) is 12.1 Å². The summed E-state index contributed by atoms with van der Waals surface area (Å²) in [7, 11) is 1.60. The number of nitrogens with zero attached hydrogens (tertiary/aromatic N) is 3. The molecule has 3 rings (SSSR count). The second kappa shape index (κ2) is 6.05. The van der Waals surface area contributed by atoms with Crippen LogP contribution in [0.1, 0.15) is 16.2 Å². The summed E-state index contributed by atoms with van der Waals surface area (Å²) >= 11 is 0. The number of likely N-dealkylation sites (tertiary alicyclic amines) is 1.